The van der Waals surface area contributed by atoms with Gasteiger partial charge in [0.05, 0.1) is 11.6 Å². The third-order valence-electron chi connectivity index (χ3n) is 3.50. The van der Waals surface area contributed by atoms with Crippen molar-refractivity contribution < 1.29 is 9.90 Å². The first-order valence-electron chi connectivity index (χ1n) is 6.23. The summed E-state index contributed by atoms with van der Waals surface area (Å²) >= 11 is 0. The van der Waals surface area contributed by atoms with Crippen LogP contribution >= 0.6 is 0 Å². The van der Waals surface area contributed by atoms with Gasteiger partial charge in [-0.05, 0) is 31.9 Å². The van der Waals surface area contributed by atoms with E-state index in [1.807, 2.05) is 31.2 Å². The van der Waals surface area contributed by atoms with E-state index in [2.05, 4.69) is 15.3 Å². The number of allylic oxidation sites excluding steroid dienone is 2. The van der Waals surface area contributed by atoms with Crippen LogP contribution in [0.4, 0.5) is 0 Å². The van der Waals surface area contributed by atoms with Crippen LogP contribution in [-0.4, -0.2) is 30.9 Å². The zero-order valence-corrected chi connectivity index (χ0v) is 10.5. The topological polar surface area (TPSA) is 80.4 Å². The summed E-state index contributed by atoms with van der Waals surface area (Å²) in [4.78, 5) is 11.4. The Morgan fingerprint density at radius 1 is 1.32 bits per heavy atom. The molecular formula is C13H14N4O2. The largest absolute Gasteiger partial charge is 0.481 e. The highest BCUT2D eigenvalue weighted by Crippen LogP contribution is 2.33. The van der Waals surface area contributed by atoms with E-state index in [1.165, 1.54) is 0 Å². The van der Waals surface area contributed by atoms with Gasteiger partial charge in [0.25, 0.3) is 0 Å². The van der Waals surface area contributed by atoms with Crippen LogP contribution in [0.25, 0.3) is 5.65 Å². The normalized spacial score (nSPS) is 22.8. The van der Waals surface area contributed by atoms with Crippen molar-refractivity contribution in [2.24, 2.45) is 5.92 Å². The Kier molecular flexibility index (Phi) is 2.77. The SMILES string of the molecule is Cc1ccc2nnc([C@@H]3CC=CC[C@@H]3C(=O)O)n2n1. The monoisotopic (exact) mass is 258 g/mol. The van der Waals surface area contributed by atoms with Crippen molar-refractivity contribution in [2.75, 3.05) is 0 Å². The Morgan fingerprint density at radius 3 is 2.89 bits per heavy atom. The molecule has 0 aromatic carbocycles. The van der Waals surface area contributed by atoms with Gasteiger partial charge in [0.15, 0.2) is 11.5 Å². The first kappa shape index (κ1) is 11.8. The highest BCUT2D eigenvalue weighted by atomic mass is 16.4. The minimum absolute atomic E-state index is 0.174. The lowest BCUT2D eigenvalue weighted by molar-refractivity contribution is -0.142. The van der Waals surface area contributed by atoms with Gasteiger partial charge in [0.2, 0.25) is 0 Å². The van der Waals surface area contributed by atoms with E-state index in [1.54, 1.807) is 4.52 Å². The molecule has 2 heterocycles. The van der Waals surface area contributed by atoms with Gasteiger partial charge in [-0.2, -0.15) is 9.61 Å². The fraction of sp³-hybridized carbons (Fsp3) is 0.385. The van der Waals surface area contributed by atoms with Crippen LogP contribution in [0, 0.1) is 12.8 Å². The zero-order valence-electron chi connectivity index (χ0n) is 10.5. The zero-order chi connectivity index (χ0) is 13.4. The standard InChI is InChI=1S/C13H14N4O2/c1-8-6-7-11-14-15-12(17(11)16-8)9-4-2-3-5-10(9)13(18)19/h2-3,6-7,9-10H,4-5H2,1H3,(H,18,19)/t9-,10+/m1/s1. The van der Waals surface area contributed by atoms with E-state index in [9.17, 15) is 9.90 Å². The highest BCUT2D eigenvalue weighted by molar-refractivity contribution is 5.71. The van der Waals surface area contributed by atoms with Crippen molar-refractivity contribution in [2.45, 2.75) is 25.7 Å². The van der Waals surface area contributed by atoms with Crippen molar-refractivity contribution in [1.29, 1.82) is 0 Å². The van der Waals surface area contributed by atoms with Crippen molar-refractivity contribution in [1.82, 2.24) is 19.8 Å². The van der Waals surface area contributed by atoms with Crippen molar-refractivity contribution in [3.05, 3.63) is 35.8 Å². The lowest BCUT2D eigenvalue weighted by atomic mass is 9.82. The molecular weight excluding hydrogens is 244 g/mol. The molecule has 0 fully saturated rings. The number of carbonyl (C=O) groups is 1. The molecule has 0 unspecified atom stereocenters. The Morgan fingerprint density at radius 2 is 2.11 bits per heavy atom. The Balaban J connectivity index is 2.10. The molecule has 0 saturated carbocycles. The molecule has 2 atom stereocenters. The minimum Gasteiger partial charge on any atom is -0.481 e. The first-order chi connectivity index (χ1) is 9.16. The lowest BCUT2D eigenvalue weighted by Gasteiger charge is -2.23. The number of aryl methyl sites for hydroxylation is 1. The van der Waals surface area contributed by atoms with Gasteiger partial charge in [-0.25, -0.2) is 0 Å². The predicted octanol–water partition coefficient (Wildman–Crippen LogP) is 1.57. The molecule has 2 aromatic rings. The summed E-state index contributed by atoms with van der Waals surface area (Å²) in [5, 5.41) is 21.9. The summed E-state index contributed by atoms with van der Waals surface area (Å²) in [6.45, 7) is 1.89. The Bertz CT molecular complexity index is 662. The molecule has 1 aliphatic rings. The third-order valence-corrected chi connectivity index (χ3v) is 3.50. The van der Waals surface area contributed by atoms with Crippen LogP contribution in [0.1, 0.15) is 30.3 Å². The number of aliphatic carboxylic acids is 1. The molecule has 0 bridgehead atoms. The van der Waals surface area contributed by atoms with Gasteiger partial charge in [-0.1, -0.05) is 12.2 Å². The average Bonchev–Trinajstić information content (AvgIpc) is 2.81. The van der Waals surface area contributed by atoms with Gasteiger partial charge in [-0.3, -0.25) is 4.79 Å². The van der Waals surface area contributed by atoms with Crippen molar-refractivity contribution in [3.63, 3.8) is 0 Å². The van der Waals surface area contributed by atoms with E-state index >= 15 is 0 Å². The third kappa shape index (κ3) is 1.99. The van der Waals surface area contributed by atoms with E-state index in [4.69, 9.17) is 0 Å². The van der Waals surface area contributed by atoms with E-state index in [-0.39, 0.29) is 5.92 Å². The Hall–Kier alpha value is -2.24. The fourth-order valence-corrected chi connectivity index (χ4v) is 2.50. The summed E-state index contributed by atoms with van der Waals surface area (Å²) in [5.74, 6) is -0.791. The number of hydrogen-bond acceptors (Lipinski definition) is 4. The number of rotatable bonds is 2. The van der Waals surface area contributed by atoms with Crippen LogP contribution in [0.5, 0.6) is 0 Å². The molecule has 1 N–H and O–H groups in total. The molecule has 0 spiro atoms. The number of nitrogens with zero attached hydrogens (tertiary/aromatic N) is 4. The number of carboxylic acid groups (broad SMARTS) is 1. The first-order valence-corrected chi connectivity index (χ1v) is 6.23. The summed E-state index contributed by atoms with van der Waals surface area (Å²) in [7, 11) is 0. The maximum Gasteiger partial charge on any atom is 0.307 e. The second-order valence-electron chi connectivity index (χ2n) is 4.80. The number of aromatic nitrogens is 4. The summed E-state index contributed by atoms with van der Waals surface area (Å²) in [6.07, 6.45) is 5.10. The molecule has 19 heavy (non-hydrogen) atoms. The molecule has 0 radical (unpaired) electrons. The smallest absolute Gasteiger partial charge is 0.307 e. The summed E-state index contributed by atoms with van der Waals surface area (Å²) in [5.41, 5.74) is 1.51. The lowest BCUT2D eigenvalue weighted by Crippen LogP contribution is -2.25. The van der Waals surface area contributed by atoms with Gasteiger partial charge in [0.1, 0.15) is 0 Å². The second kappa shape index (κ2) is 4.46. The molecule has 0 saturated heterocycles. The Labute approximate surface area is 109 Å². The van der Waals surface area contributed by atoms with Gasteiger partial charge < -0.3 is 5.11 Å². The molecule has 0 aliphatic heterocycles. The van der Waals surface area contributed by atoms with Crippen LogP contribution in [0.3, 0.4) is 0 Å². The molecule has 0 amide bonds. The van der Waals surface area contributed by atoms with Crippen LogP contribution in [-0.2, 0) is 4.79 Å². The van der Waals surface area contributed by atoms with E-state index in [0.717, 1.165) is 5.69 Å². The van der Waals surface area contributed by atoms with Crippen molar-refractivity contribution >= 4 is 11.6 Å². The molecule has 6 heteroatoms. The molecule has 1 aliphatic carbocycles. The highest BCUT2D eigenvalue weighted by Gasteiger charge is 2.33. The molecule has 2 aromatic heterocycles. The van der Waals surface area contributed by atoms with E-state index in [0.29, 0.717) is 24.3 Å². The maximum atomic E-state index is 11.4. The summed E-state index contributed by atoms with van der Waals surface area (Å²) < 4.78 is 1.66. The minimum atomic E-state index is -0.793. The quantitative estimate of drug-likeness (QED) is 0.827. The van der Waals surface area contributed by atoms with Crippen LogP contribution in [0.2, 0.25) is 0 Å². The van der Waals surface area contributed by atoms with Crippen LogP contribution in [0.15, 0.2) is 24.3 Å². The van der Waals surface area contributed by atoms with E-state index < -0.39 is 11.9 Å². The summed E-state index contributed by atoms with van der Waals surface area (Å²) in [6, 6.07) is 3.70. The van der Waals surface area contributed by atoms with Gasteiger partial charge in [-0.15, -0.1) is 10.2 Å². The van der Waals surface area contributed by atoms with Crippen LogP contribution < -0.4 is 0 Å². The fourth-order valence-electron chi connectivity index (χ4n) is 2.50. The predicted molar refractivity (Wildman–Crippen MR) is 67.8 cm³/mol. The van der Waals surface area contributed by atoms with Gasteiger partial charge >= 0.3 is 5.97 Å². The number of carboxylic acids is 1. The van der Waals surface area contributed by atoms with Gasteiger partial charge in [0, 0.05) is 5.92 Å². The number of fused-ring (bicyclic) bond motifs is 1. The maximum absolute atomic E-state index is 11.4. The second-order valence-corrected chi connectivity index (χ2v) is 4.80. The molecule has 3 rings (SSSR count). The number of hydrogen-bond donors (Lipinski definition) is 1. The molecule has 98 valence electrons. The molecule has 6 nitrogen and oxygen atoms in total. The van der Waals surface area contributed by atoms with Crippen molar-refractivity contribution in [3.8, 4) is 0 Å². The average molecular weight is 258 g/mol.